The normalized spacial score (nSPS) is 26.4. The van der Waals surface area contributed by atoms with E-state index in [-0.39, 0.29) is 23.2 Å². The largest absolute Gasteiger partial charge is 0.465 e. The summed E-state index contributed by atoms with van der Waals surface area (Å²) in [7, 11) is 1.26. The highest BCUT2D eigenvalue weighted by Gasteiger charge is 2.38. The highest BCUT2D eigenvalue weighted by atomic mass is 19.1. The van der Waals surface area contributed by atoms with Crippen molar-refractivity contribution < 1.29 is 18.7 Å². The molecule has 0 aromatic heterocycles. The number of carbonyl (C=O) groups excluding carboxylic acids is 2. The number of nitrogens with one attached hydrogen (secondary N) is 2. The topological polar surface area (TPSA) is 67.4 Å². The Morgan fingerprint density at radius 2 is 2.09 bits per heavy atom. The number of carbonyl (C=O) groups is 2. The van der Waals surface area contributed by atoms with Crippen LogP contribution in [0.15, 0.2) is 18.2 Å². The average Bonchev–Trinajstić information content (AvgIpc) is 3.00. The molecule has 1 aliphatic carbocycles. The Labute approximate surface area is 134 Å². The molecule has 3 atom stereocenters. The van der Waals surface area contributed by atoms with E-state index in [1.54, 1.807) is 0 Å². The van der Waals surface area contributed by atoms with Crippen LogP contribution in [0.5, 0.6) is 0 Å². The standard InChI is InChI=1S/C17H21FN2O3/c1-23-17(22)11-6-7-12(18)14(9-11)20-16(21)15-8-10-4-2-3-5-13(10)19-15/h6-7,9-10,13,15,19H,2-5,8H2,1H3,(H,20,21). The molecule has 124 valence electrons. The lowest BCUT2D eigenvalue weighted by molar-refractivity contribution is -0.117. The van der Waals surface area contributed by atoms with Crippen molar-refractivity contribution >= 4 is 17.6 Å². The van der Waals surface area contributed by atoms with Gasteiger partial charge in [-0.2, -0.15) is 0 Å². The van der Waals surface area contributed by atoms with E-state index in [2.05, 4.69) is 15.4 Å². The van der Waals surface area contributed by atoms with Gasteiger partial charge in [-0.1, -0.05) is 12.8 Å². The quantitative estimate of drug-likeness (QED) is 0.840. The van der Waals surface area contributed by atoms with Crippen molar-refractivity contribution in [3.05, 3.63) is 29.6 Å². The summed E-state index contributed by atoms with van der Waals surface area (Å²) in [4.78, 5) is 23.9. The van der Waals surface area contributed by atoms with Gasteiger partial charge in [0.05, 0.1) is 24.4 Å². The van der Waals surface area contributed by atoms with Gasteiger partial charge in [0.25, 0.3) is 0 Å². The summed E-state index contributed by atoms with van der Waals surface area (Å²) in [5.74, 6) is -0.849. The third-order valence-electron chi connectivity index (χ3n) is 4.82. The predicted octanol–water partition coefficient (Wildman–Crippen LogP) is 2.47. The average molecular weight is 320 g/mol. The van der Waals surface area contributed by atoms with Crippen molar-refractivity contribution in [1.82, 2.24) is 5.32 Å². The minimum absolute atomic E-state index is 0.00886. The summed E-state index contributed by atoms with van der Waals surface area (Å²) in [6, 6.07) is 3.89. The molecule has 2 N–H and O–H groups in total. The molecule has 0 bridgehead atoms. The fourth-order valence-corrected chi connectivity index (χ4v) is 3.61. The first-order valence-electron chi connectivity index (χ1n) is 8.03. The maximum Gasteiger partial charge on any atom is 0.337 e. The summed E-state index contributed by atoms with van der Waals surface area (Å²) in [6.07, 6.45) is 5.44. The monoisotopic (exact) mass is 320 g/mol. The highest BCUT2D eigenvalue weighted by Crippen LogP contribution is 2.33. The van der Waals surface area contributed by atoms with E-state index >= 15 is 0 Å². The van der Waals surface area contributed by atoms with Crippen molar-refractivity contribution in [2.24, 2.45) is 5.92 Å². The second-order valence-electron chi connectivity index (χ2n) is 6.28. The van der Waals surface area contributed by atoms with Crippen molar-refractivity contribution in [2.75, 3.05) is 12.4 Å². The Kier molecular flexibility index (Phi) is 4.61. The lowest BCUT2D eigenvalue weighted by Crippen LogP contribution is -2.40. The van der Waals surface area contributed by atoms with Gasteiger partial charge in [0.15, 0.2) is 0 Å². The summed E-state index contributed by atoms with van der Waals surface area (Å²) in [5.41, 5.74) is 0.215. The van der Waals surface area contributed by atoms with Crippen molar-refractivity contribution in [2.45, 2.75) is 44.2 Å². The number of rotatable bonds is 3. The minimum atomic E-state index is -0.568. The molecule has 1 saturated heterocycles. The van der Waals surface area contributed by atoms with Crippen LogP contribution in [0.1, 0.15) is 42.5 Å². The molecular weight excluding hydrogens is 299 g/mol. The summed E-state index contributed by atoms with van der Waals surface area (Å²) in [6.45, 7) is 0. The number of methoxy groups -OCH3 is 1. The van der Waals surface area contributed by atoms with Crippen LogP contribution in [-0.4, -0.2) is 31.1 Å². The molecule has 23 heavy (non-hydrogen) atoms. The van der Waals surface area contributed by atoms with Crippen LogP contribution < -0.4 is 10.6 Å². The third-order valence-corrected chi connectivity index (χ3v) is 4.82. The molecular formula is C17H21FN2O3. The first-order valence-corrected chi connectivity index (χ1v) is 8.03. The highest BCUT2D eigenvalue weighted by molar-refractivity contribution is 5.97. The number of hydrogen-bond acceptors (Lipinski definition) is 4. The molecule has 2 aliphatic rings. The maximum atomic E-state index is 13.9. The molecule has 2 fully saturated rings. The Morgan fingerprint density at radius 3 is 2.83 bits per heavy atom. The smallest absolute Gasteiger partial charge is 0.337 e. The number of halogens is 1. The van der Waals surface area contributed by atoms with E-state index in [0.29, 0.717) is 12.0 Å². The zero-order chi connectivity index (χ0) is 16.4. The second kappa shape index (κ2) is 6.66. The number of esters is 1. The van der Waals surface area contributed by atoms with Gasteiger partial charge in [-0.15, -0.1) is 0 Å². The van der Waals surface area contributed by atoms with Gasteiger partial charge in [0.1, 0.15) is 5.82 Å². The summed E-state index contributed by atoms with van der Waals surface area (Å²) < 4.78 is 18.5. The zero-order valence-corrected chi connectivity index (χ0v) is 13.1. The molecule has 3 unspecified atom stereocenters. The lowest BCUT2D eigenvalue weighted by atomic mass is 9.85. The number of fused-ring (bicyclic) bond motifs is 1. The van der Waals surface area contributed by atoms with Crippen LogP contribution in [0, 0.1) is 11.7 Å². The second-order valence-corrected chi connectivity index (χ2v) is 6.28. The molecule has 1 heterocycles. The van der Waals surface area contributed by atoms with E-state index in [1.807, 2.05) is 0 Å². The molecule has 1 amide bonds. The van der Waals surface area contributed by atoms with Crippen molar-refractivity contribution in [1.29, 1.82) is 0 Å². The first-order chi connectivity index (χ1) is 11.1. The Balaban J connectivity index is 1.69. The SMILES string of the molecule is COC(=O)c1ccc(F)c(NC(=O)C2CC3CCCCC3N2)c1. The molecule has 5 nitrogen and oxygen atoms in total. The zero-order valence-electron chi connectivity index (χ0n) is 13.1. The number of ether oxygens (including phenoxy) is 1. The van der Waals surface area contributed by atoms with Crippen molar-refractivity contribution in [3.63, 3.8) is 0 Å². The predicted molar refractivity (Wildman–Crippen MR) is 83.7 cm³/mol. The van der Waals surface area contributed by atoms with Gasteiger partial charge in [-0.3, -0.25) is 4.79 Å². The first kappa shape index (κ1) is 15.9. The molecule has 1 aliphatic heterocycles. The number of hydrogen-bond donors (Lipinski definition) is 2. The Hall–Kier alpha value is -1.95. The molecule has 1 aromatic rings. The van der Waals surface area contributed by atoms with Gasteiger partial charge in [0.2, 0.25) is 5.91 Å². The van der Waals surface area contributed by atoms with E-state index in [4.69, 9.17) is 0 Å². The van der Waals surface area contributed by atoms with Crippen molar-refractivity contribution in [3.8, 4) is 0 Å². The third kappa shape index (κ3) is 3.37. The molecule has 1 saturated carbocycles. The van der Waals surface area contributed by atoms with Gasteiger partial charge in [-0.05, 0) is 43.4 Å². The van der Waals surface area contributed by atoms with E-state index < -0.39 is 11.8 Å². The van der Waals surface area contributed by atoms with Crippen LogP contribution >= 0.6 is 0 Å². The summed E-state index contributed by atoms with van der Waals surface area (Å²) in [5, 5.41) is 5.95. The van der Waals surface area contributed by atoms with Crippen LogP contribution in [0.3, 0.4) is 0 Å². The van der Waals surface area contributed by atoms with Crippen LogP contribution in [0.25, 0.3) is 0 Å². The van der Waals surface area contributed by atoms with E-state index in [1.165, 1.54) is 32.1 Å². The maximum absolute atomic E-state index is 13.9. The van der Waals surface area contributed by atoms with Gasteiger partial charge in [-0.25, -0.2) is 9.18 Å². The molecule has 0 radical (unpaired) electrons. The fourth-order valence-electron chi connectivity index (χ4n) is 3.61. The number of amides is 1. The van der Waals surface area contributed by atoms with Crippen LogP contribution in [0.4, 0.5) is 10.1 Å². The lowest BCUT2D eigenvalue weighted by Gasteiger charge is -2.24. The molecule has 1 aromatic carbocycles. The Bertz CT molecular complexity index is 606. The van der Waals surface area contributed by atoms with Gasteiger partial charge < -0.3 is 15.4 Å². The summed E-state index contributed by atoms with van der Waals surface area (Å²) >= 11 is 0. The van der Waals surface area contributed by atoms with E-state index in [0.717, 1.165) is 25.3 Å². The molecule has 0 spiro atoms. The van der Waals surface area contributed by atoms with Crippen LogP contribution in [0.2, 0.25) is 0 Å². The van der Waals surface area contributed by atoms with Crippen LogP contribution in [-0.2, 0) is 9.53 Å². The number of benzene rings is 1. The van der Waals surface area contributed by atoms with Gasteiger partial charge >= 0.3 is 5.97 Å². The molecule has 6 heteroatoms. The minimum Gasteiger partial charge on any atom is -0.465 e. The van der Waals surface area contributed by atoms with Gasteiger partial charge in [0, 0.05) is 6.04 Å². The van der Waals surface area contributed by atoms with E-state index in [9.17, 15) is 14.0 Å². The Morgan fingerprint density at radius 1 is 1.30 bits per heavy atom. The number of anilines is 1. The molecule has 3 rings (SSSR count). The fraction of sp³-hybridized carbons (Fsp3) is 0.529.